The summed E-state index contributed by atoms with van der Waals surface area (Å²) >= 11 is 0. The summed E-state index contributed by atoms with van der Waals surface area (Å²) in [6.45, 7) is 9.46. The molecule has 0 radical (unpaired) electrons. The van der Waals surface area contributed by atoms with Gasteiger partial charge in [0, 0.05) is 11.6 Å². The molecule has 0 spiro atoms. The van der Waals surface area contributed by atoms with E-state index >= 15 is 0 Å². The molecular formula is C24H29N3O4. The molecule has 2 aromatic carbocycles. The van der Waals surface area contributed by atoms with Crippen molar-refractivity contribution in [1.82, 2.24) is 9.78 Å². The first-order valence-corrected chi connectivity index (χ1v) is 10.5. The molecule has 3 rings (SSSR count). The van der Waals surface area contributed by atoms with Crippen LogP contribution in [0.1, 0.15) is 42.4 Å². The number of ether oxygens (including phenoxy) is 3. The molecule has 1 N–H and O–H groups in total. The lowest BCUT2D eigenvalue weighted by atomic mass is 10.1. The Bertz CT molecular complexity index is 988. The number of amides is 1. The predicted molar refractivity (Wildman–Crippen MR) is 120 cm³/mol. The molecule has 0 aliphatic rings. The molecular weight excluding hydrogens is 394 g/mol. The van der Waals surface area contributed by atoms with Crippen LogP contribution in [0.15, 0.2) is 48.5 Å². The number of aryl methyl sites for hydroxylation is 1. The average molecular weight is 424 g/mol. The molecule has 0 saturated carbocycles. The third-order valence-electron chi connectivity index (χ3n) is 4.49. The van der Waals surface area contributed by atoms with E-state index in [-0.39, 0.29) is 5.91 Å². The topological polar surface area (TPSA) is 74.6 Å². The van der Waals surface area contributed by atoms with Gasteiger partial charge in [-0.1, -0.05) is 30.3 Å². The van der Waals surface area contributed by atoms with Gasteiger partial charge < -0.3 is 19.5 Å². The SMILES string of the molecule is CCOc1cc(C(=O)Nc2cc(C)nn2Cc2ccccc2)cc(OCC)c1OCC. The highest BCUT2D eigenvalue weighted by molar-refractivity contribution is 6.04. The zero-order valence-electron chi connectivity index (χ0n) is 18.5. The number of carbonyl (C=O) groups excluding carboxylic acids is 1. The van der Waals surface area contributed by atoms with Crippen molar-refractivity contribution in [3.8, 4) is 17.2 Å². The minimum absolute atomic E-state index is 0.279. The Morgan fingerprint density at radius 1 is 0.935 bits per heavy atom. The van der Waals surface area contributed by atoms with Gasteiger partial charge in [0.1, 0.15) is 5.82 Å². The molecule has 1 amide bonds. The van der Waals surface area contributed by atoms with Gasteiger partial charge in [0.05, 0.1) is 32.1 Å². The van der Waals surface area contributed by atoms with Crippen molar-refractivity contribution in [3.05, 3.63) is 65.4 Å². The zero-order valence-corrected chi connectivity index (χ0v) is 18.5. The highest BCUT2D eigenvalue weighted by Crippen LogP contribution is 2.39. The lowest BCUT2D eigenvalue weighted by Gasteiger charge is -2.17. The van der Waals surface area contributed by atoms with Gasteiger partial charge in [-0.2, -0.15) is 5.10 Å². The van der Waals surface area contributed by atoms with Crippen molar-refractivity contribution in [3.63, 3.8) is 0 Å². The van der Waals surface area contributed by atoms with Gasteiger partial charge in [0.25, 0.3) is 5.91 Å². The van der Waals surface area contributed by atoms with E-state index in [2.05, 4.69) is 10.4 Å². The average Bonchev–Trinajstić information content (AvgIpc) is 3.09. The summed E-state index contributed by atoms with van der Waals surface area (Å²) in [5, 5.41) is 7.49. The van der Waals surface area contributed by atoms with Gasteiger partial charge in [-0.15, -0.1) is 0 Å². The van der Waals surface area contributed by atoms with Crippen molar-refractivity contribution in [2.75, 3.05) is 25.1 Å². The summed E-state index contributed by atoms with van der Waals surface area (Å²) < 4.78 is 18.9. The summed E-state index contributed by atoms with van der Waals surface area (Å²) in [6, 6.07) is 15.2. The lowest BCUT2D eigenvalue weighted by Crippen LogP contribution is -2.17. The summed E-state index contributed by atoms with van der Waals surface area (Å²) in [6.07, 6.45) is 0. The Balaban J connectivity index is 1.89. The minimum Gasteiger partial charge on any atom is -0.490 e. The number of nitrogens with zero attached hydrogens (tertiary/aromatic N) is 2. The molecule has 1 heterocycles. The fourth-order valence-corrected chi connectivity index (χ4v) is 3.23. The van der Waals surface area contributed by atoms with Crippen molar-refractivity contribution >= 4 is 11.7 Å². The third-order valence-corrected chi connectivity index (χ3v) is 4.49. The Morgan fingerprint density at radius 3 is 2.13 bits per heavy atom. The standard InChI is InChI=1S/C24H29N3O4/c1-5-29-20-14-19(15-21(30-6-2)23(20)31-7-3)24(28)25-22-13-17(4)26-27(22)16-18-11-9-8-10-12-18/h8-15H,5-7,16H2,1-4H3,(H,25,28). The number of nitrogens with one attached hydrogen (secondary N) is 1. The number of benzene rings is 2. The van der Waals surface area contributed by atoms with E-state index in [0.717, 1.165) is 11.3 Å². The number of rotatable bonds is 10. The normalized spacial score (nSPS) is 10.6. The molecule has 0 atom stereocenters. The van der Waals surface area contributed by atoms with E-state index in [0.29, 0.717) is 55.0 Å². The van der Waals surface area contributed by atoms with Crippen molar-refractivity contribution in [1.29, 1.82) is 0 Å². The Labute approximate surface area is 182 Å². The van der Waals surface area contributed by atoms with E-state index in [9.17, 15) is 4.79 Å². The molecule has 0 saturated heterocycles. The second kappa shape index (κ2) is 10.5. The molecule has 0 bridgehead atoms. The van der Waals surface area contributed by atoms with E-state index in [1.165, 1.54) is 0 Å². The third kappa shape index (κ3) is 5.57. The summed E-state index contributed by atoms with van der Waals surface area (Å²) in [5.41, 5.74) is 2.34. The first-order chi connectivity index (χ1) is 15.0. The van der Waals surface area contributed by atoms with Crippen LogP contribution in [0.2, 0.25) is 0 Å². The summed E-state index contributed by atoms with van der Waals surface area (Å²) in [7, 11) is 0. The van der Waals surface area contributed by atoms with Gasteiger partial charge in [-0.25, -0.2) is 4.68 Å². The highest BCUT2D eigenvalue weighted by Gasteiger charge is 2.19. The summed E-state index contributed by atoms with van der Waals surface area (Å²) in [5.74, 6) is 1.81. The van der Waals surface area contributed by atoms with Crippen LogP contribution in [-0.4, -0.2) is 35.5 Å². The quantitative estimate of drug-likeness (QED) is 0.512. The maximum atomic E-state index is 13.1. The molecule has 1 aromatic heterocycles. The van der Waals surface area contributed by atoms with Crippen LogP contribution >= 0.6 is 0 Å². The monoisotopic (exact) mass is 423 g/mol. The van der Waals surface area contributed by atoms with Gasteiger partial charge >= 0.3 is 0 Å². The van der Waals surface area contributed by atoms with Crippen LogP contribution in [0.3, 0.4) is 0 Å². The largest absolute Gasteiger partial charge is 0.490 e. The lowest BCUT2D eigenvalue weighted by molar-refractivity contribution is 0.102. The van der Waals surface area contributed by atoms with Crippen LogP contribution in [0.5, 0.6) is 17.2 Å². The van der Waals surface area contributed by atoms with E-state index in [1.54, 1.807) is 16.8 Å². The summed E-state index contributed by atoms with van der Waals surface area (Å²) in [4.78, 5) is 13.1. The van der Waals surface area contributed by atoms with Crippen LogP contribution in [0.25, 0.3) is 0 Å². The van der Waals surface area contributed by atoms with Gasteiger partial charge in [-0.05, 0) is 45.4 Å². The van der Waals surface area contributed by atoms with E-state index < -0.39 is 0 Å². The number of carbonyl (C=O) groups is 1. The number of hydrogen-bond acceptors (Lipinski definition) is 5. The maximum absolute atomic E-state index is 13.1. The van der Waals surface area contributed by atoms with Crippen molar-refractivity contribution in [2.24, 2.45) is 0 Å². The van der Waals surface area contributed by atoms with Crippen molar-refractivity contribution < 1.29 is 19.0 Å². The number of anilines is 1. The van der Waals surface area contributed by atoms with Crippen LogP contribution in [-0.2, 0) is 6.54 Å². The van der Waals surface area contributed by atoms with Gasteiger partial charge in [-0.3, -0.25) is 4.79 Å². The zero-order chi connectivity index (χ0) is 22.2. The van der Waals surface area contributed by atoms with Crippen molar-refractivity contribution in [2.45, 2.75) is 34.2 Å². The van der Waals surface area contributed by atoms with Crippen LogP contribution in [0.4, 0.5) is 5.82 Å². The minimum atomic E-state index is -0.279. The van der Waals surface area contributed by atoms with Crippen LogP contribution < -0.4 is 19.5 Å². The Kier molecular flexibility index (Phi) is 7.54. The Morgan fingerprint density at radius 2 is 1.55 bits per heavy atom. The molecule has 0 aliphatic heterocycles. The van der Waals surface area contributed by atoms with Crippen LogP contribution in [0, 0.1) is 6.92 Å². The molecule has 0 fully saturated rings. The molecule has 7 nitrogen and oxygen atoms in total. The predicted octanol–water partition coefficient (Wildman–Crippen LogP) is 4.69. The smallest absolute Gasteiger partial charge is 0.257 e. The fourth-order valence-electron chi connectivity index (χ4n) is 3.23. The van der Waals surface area contributed by atoms with Gasteiger partial charge in [0.2, 0.25) is 5.75 Å². The maximum Gasteiger partial charge on any atom is 0.257 e. The molecule has 31 heavy (non-hydrogen) atoms. The second-order valence-electron chi connectivity index (χ2n) is 6.87. The number of hydrogen-bond donors (Lipinski definition) is 1. The first-order valence-electron chi connectivity index (χ1n) is 10.5. The van der Waals surface area contributed by atoms with Gasteiger partial charge in [0.15, 0.2) is 11.5 Å². The number of aromatic nitrogens is 2. The highest BCUT2D eigenvalue weighted by atomic mass is 16.5. The molecule has 164 valence electrons. The molecule has 0 aliphatic carbocycles. The first kappa shape index (κ1) is 22.2. The Hall–Kier alpha value is -3.48. The molecule has 7 heteroatoms. The fraction of sp³-hybridized carbons (Fsp3) is 0.333. The molecule has 0 unspecified atom stereocenters. The molecule has 3 aromatic rings. The second-order valence-corrected chi connectivity index (χ2v) is 6.87. The van der Waals surface area contributed by atoms with E-state index in [1.807, 2.05) is 64.1 Å². The van der Waals surface area contributed by atoms with E-state index in [4.69, 9.17) is 14.2 Å².